The third kappa shape index (κ3) is 3.56. The van der Waals surface area contributed by atoms with Gasteiger partial charge in [0.15, 0.2) is 0 Å². The van der Waals surface area contributed by atoms with Crippen molar-refractivity contribution in [2.24, 2.45) is 0 Å². The van der Waals surface area contributed by atoms with Crippen LogP contribution in [0.5, 0.6) is 5.75 Å². The first-order valence-electron chi connectivity index (χ1n) is 6.08. The first-order chi connectivity index (χ1) is 9.06. The molecule has 0 saturated heterocycles. The number of rotatable bonds is 4. The van der Waals surface area contributed by atoms with Crippen LogP contribution < -0.4 is 10.2 Å². The second kappa shape index (κ2) is 5.86. The van der Waals surface area contributed by atoms with Crippen molar-refractivity contribution in [3.63, 3.8) is 0 Å². The molecule has 0 bridgehead atoms. The molecule has 0 saturated carbocycles. The molecule has 0 spiro atoms. The molecule has 0 atom stereocenters. The van der Waals surface area contributed by atoms with Gasteiger partial charge in [-0.3, -0.25) is 4.98 Å². The maximum absolute atomic E-state index is 9.33. The molecule has 0 unspecified atom stereocenters. The van der Waals surface area contributed by atoms with E-state index in [0.717, 1.165) is 17.0 Å². The van der Waals surface area contributed by atoms with E-state index in [9.17, 15) is 10.0 Å². The zero-order valence-electron chi connectivity index (χ0n) is 11.0. The number of aromatic nitrogens is 1. The van der Waals surface area contributed by atoms with Crippen molar-refractivity contribution in [3.8, 4) is 5.75 Å². The molecule has 0 aliphatic rings. The van der Waals surface area contributed by atoms with Crippen molar-refractivity contribution >= 4 is 12.6 Å². The van der Waals surface area contributed by atoms with Gasteiger partial charge in [0.1, 0.15) is 12.4 Å². The molecule has 1 aromatic carbocycles. The molecule has 2 aromatic rings. The fraction of sp³-hybridized carbons (Fsp3) is 0.214. The summed E-state index contributed by atoms with van der Waals surface area (Å²) in [6.07, 6.45) is 0. The smallest absolute Gasteiger partial charge is 0.488 e. The van der Waals surface area contributed by atoms with Crippen molar-refractivity contribution in [2.75, 3.05) is 0 Å². The van der Waals surface area contributed by atoms with Gasteiger partial charge in [-0.2, -0.15) is 0 Å². The summed E-state index contributed by atoms with van der Waals surface area (Å²) < 4.78 is 5.61. The number of hydrogen-bond donors (Lipinski definition) is 2. The number of pyridine rings is 1. The third-order valence-corrected chi connectivity index (χ3v) is 2.77. The highest BCUT2D eigenvalue weighted by molar-refractivity contribution is 6.59. The fourth-order valence-corrected chi connectivity index (χ4v) is 1.83. The topological polar surface area (TPSA) is 62.6 Å². The van der Waals surface area contributed by atoms with E-state index in [1.807, 2.05) is 38.1 Å². The summed E-state index contributed by atoms with van der Waals surface area (Å²) >= 11 is 0. The van der Waals surface area contributed by atoms with Gasteiger partial charge < -0.3 is 14.8 Å². The Kier molecular flexibility index (Phi) is 4.19. The highest BCUT2D eigenvalue weighted by Gasteiger charge is 2.17. The third-order valence-electron chi connectivity index (χ3n) is 2.77. The number of ether oxygens (including phenoxy) is 1. The maximum atomic E-state index is 9.33. The number of benzene rings is 1. The van der Waals surface area contributed by atoms with Crippen LogP contribution in [-0.2, 0) is 6.61 Å². The van der Waals surface area contributed by atoms with Crippen LogP contribution in [0.25, 0.3) is 0 Å². The van der Waals surface area contributed by atoms with E-state index in [1.54, 1.807) is 12.1 Å². The lowest BCUT2D eigenvalue weighted by atomic mass is 9.79. The average molecular weight is 257 g/mol. The normalized spacial score (nSPS) is 10.3. The lowest BCUT2D eigenvalue weighted by Gasteiger charge is -2.11. The Hall–Kier alpha value is -1.85. The van der Waals surface area contributed by atoms with E-state index in [2.05, 4.69) is 4.98 Å². The number of aryl methyl sites for hydroxylation is 2. The summed E-state index contributed by atoms with van der Waals surface area (Å²) in [5.41, 5.74) is 3.04. The minimum absolute atomic E-state index is 0.296. The van der Waals surface area contributed by atoms with E-state index in [4.69, 9.17) is 4.74 Å². The van der Waals surface area contributed by atoms with Crippen LogP contribution in [0, 0.1) is 13.8 Å². The van der Waals surface area contributed by atoms with Crippen LogP contribution >= 0.6 is 0 Å². The monoisotopic (exact) mass is 257 g/mol. The summed E-state index contributed by atoms with van der Waals surface area (Å²) in [6.45, 7) is 4.10. The van der Waals surface area contributed by atoms with Crippen LogP contribution in [0.15, 0.2) is 36.4 Å². The maximum Gasteiger partial charge on any atom is 0.492 e. The first-order valence-corrected chi connectivity index (χ1v) is 6.08. The van der Waals surface area contributed by atoms with Gasteiger partial charge >= 0.3 is 7.12 Å². The Morgan fingerprint density at radius 1 is 1.16 bits per heavy atom. The molecule has 19 heavy (non-hydrogen) atoms. The fourth-order valence-electron chi connectivity index (χ4n) is 1.83. The Labute approximate surface area is 112 Å². The SMILES string of the molecule is Cc1ccc(OCc2cccc(C)n2)c(B(O)O)c1. The Morgan fingerprint density at radius 3 is 2.63 bits per heavy atom. The minimum atomic E-state index is -1.54. The largest absolute Gasteiger partial charge is 0.492 e. The first kappa shape index (κ1) is 13.6. The van der Waals surface area contributed by atoms with Crippen LogP contribution in [0.2, 0.25) is 0 Å². The van der Waals surface area contributed by atoms with Crippen molar-refractivity contribution < 1.29 is 14.8 Å². The van der Waals surface area contributed by atoms with Gasteiger partial charge in [-0.1, -0.05) is 23.8 Å². The molecule has 0 aliphatic carbocycles. The molecule has 0 aliphatic heterocycles. The molecule has 0 fully saturated rings. The molecule has 2 rings (SSSR count). The molecule has 98 valence electrons. The predicted molar refractivity (Wildman–Crippen MR) is 74.3 cm³/mol. The number of nitrogens with zero attached hydrogens (tertiary/aromatic N) is 1. The van der Waals surface area contributed by atoms with Gasteiger partial charge in [0.05, 0.1) is 5.69 Å². The lowest BCUT2D eigenvalue weighted by molar-refractivity contribution is 0.301. The summed E-state index contributed by atoms with van der Waals surface area (Å²) in [4.78, 5) is 4.33. The molecule has 1 aromatic heterocycles. The van der Waals surface area contributed by atoms with Gasteiger partial charge in [0, 0.05) is 11.2 Å². The minimum Gasteiger partial charge on any atom is -0.488 e. The van der Waals surface area contributed by atoms with Gasteiger partial charge in [-0.15, -0.1) is 0 Å². The Balaban J connectivity index is 2.15. The predicted octanol–water partition coefficient (Wildman–Crippen LogP) is 0.957. The molecule has 0 radical (unpaired) electrons. The van der Waals surface area contributed by atoms with Crippen LogP contribution in [0.1, 0.15) is 17.0 Å². The molecule has 4 nitrogen and oxygen atoms in total. The standard InChI is InChI=1S/C14H16BNO3/c1-10-6-7-14(13(8-10)15(17)18)19-9-12-5-3-4-11(2)16-12/h3-8,17-18H,9H2,1-2H3. The van der Waals surface area contributed by atoms with Crippen LogP contribution in [0.3, 0.4) is 0 Å². The number of hydrogen-bond acceptors (Lipinski definition) is 4. The Bertz CT molecular complexity index is 572. The second-order valence-electron chi connectivity index (χ2n) is 4.47. The lowest BCUT2D eigenvalue weighted by Crippen LogP contribution is -2.31. The quantitative estimate of drug-likeness (QED) is 0.801. The van der Waals surface area contributed by atoms with E-state index >= 15 is 0 Å². The van der Waals surface area contributed by atoms with Crippen molar-refractivity contribution in [3.05, 3.63) is 53.3 Å². The van der Waals surface area contributed by atoms with Gasteiger partial charge in [-0.25, -0.2) is 0 Å². The van der Waals surface area contributed by atoms with E-state index < -0.39 is 7.12 Å². The van der Waals surface area contributed by atoms with Crippen molar-refractivity contribution in [1.29, 1.82) is 0 Å². The van der Waals surface area contributed by atoms with Crippen molar-refractivity contribution in [1.82, 2.24) is 4.98 Å². The van der Waals surface area contributed by atoms with Gasteiger partial charge in [-0.05, 0) is 32.0 Å². The molecule has 5 heteroatoms. The summed E-state index contributed by atoms with van der Waals surface area (Å²) in [7, 11) is -1.54. The van der Waals surface area contributed by atoms with E-state index in [-0.39, 0.29) is 0 Å². The summed E-state index contributed by atoms with van der Waals surface area (Å²) in [6, 6.07) is 11.0. The summed E-state index contributed by atoms with van der Waals surface area (Å²) in [5, 5.41) is 18.7. The van der Waals surface area contributed by atoms with Crippen LogP contribution in [-0.4, -0.2) is 22.2 Å². The van der Waals surface area contributed by atoms with E-state index in [1.165, 1.54) is 0 Å². The highest BCUT2D eigenvalue weighted by Crippen LogP contribution is 2.12. The zero-order chi connectivity index (χ0) is 13.8. The zero-order valence-corrected chi connectivity index (χ0v) is 11.0. The van der Waals surface area contributed by atoms with Crippen molar-refractivity contribution in [2.45, 2.75) is 20.5 Å². The summed E-state index contributed by atoms with van der Waals surface area (Å²) in [5.74, 6) is 0.462. The van der Waals surface area contributed by atoms with Crippen LogP contribution in [0.4, 0.5) is 0 Å². The molecular weight excluding hydrogens is 241 g/mol. The average Bonchev–Trinajstić information content (AvgIpc) is 2.37. The van der Waals surface area contributed by atoms with Gasteiger partial charge in [0.25, 0.3) is 0 Å². The molecule has 0 amide bonds. The van der Waals surface area contributed by atoms with E-state index in [0.29, 0.717) is 17.8 Å². The molecular formula is C14H16BNO3. The molecule has 2 N–H and O–H groups in total. The molecule has 1 heterocycles. The highest BCUT2D eigenvalue weighted by atomic mass is 16.5. The van der Waals surface area contributed by atoms with Gasteiger partial charge in [0.2, 0.25) is 0 Å². The Morgan fingerprint density at radius 2 is 1.95 bits per heavy atom. The second-order valence-corrected chi connectivity index (χ2v) is 4.47.